The van der Waals surface area contributed by atoms with Gasteiger partial charge < -0.3 is 5.32 Å². The largest absolute Gasteiger partial charge is 0.377 e. The number of hydrogen-bond acceptors (Lipinski definition) is 3. The average Bonchev–Trinajstić information content (AvgIpc) is 2.90. The summed E-state index contributed by atoms with van der Waals surface area (Å²) >= 11 is 0. The van der Waals surface area contributed by atoms with Gasteiger partial charge >= 0.3 is 0 Å². The lowest BCUT2D eigenvalue weighted by atomic mass is 10.1. The predicted octanol–water partition coefficient (Wildman–Crippen LogP) is 3.53. The van der Waals surface area contributed by atoms with Gasteiger partial charge in [0, 0.05) is 22.8 Å². The smallest absolute Gasteiger partial charge is 0.183 e. The molecular formula is C17H14N2O. The first-order valence-corrected chi connectivity index (χ1v) is 6.50. The summed E-state index contributed by atoms with van der Waals surface area (Å²) < 4.78 is 0. The molecule has 1 aliphatic rings. The molecule has 0 atom stereocenters. The van der Waals surface area contributed by atoms with E-state index in [2.05, 4.69) is 22.4 Å². The Morgan fingerprint density at radius 1 is 0.900 bits per heavy atom. The Hall–Kier alpha value is -2.68. The quantitative estimate of drug-likeness (QED) is 0.674. The van der Waals surface area contributed by atoms with Gasteiger partial charge in [0.05, 0.1) is 12.1 Å². The molecule has 0 amide bonds. The molecule has 3 aromatic rings. The number of ketones is 1. The fraction of sp³-hybridized carbons (Fsp3) is 0.0588. The number of anilines is 1. The Kier molecular flexibility index (Phi) is 3.42. The minimum atomic E-state index is 0.190. The van der Waals surface area contributed by atoms with Crippen molar-refractivity contribution in [2.24, 2.45) is 0 Å². The highest BCUT2D eigenvalue weighted by molar-refractivity contribution is 6.07. The number of hydrogen-bond donors (Lipinski definition) is 1. The van der Waals surface area contributed by atoms with E-state index in [1.54, 1.807) is 0 Å². The summed E-state index contributed by atoms with van der Waals surface area (Å²) in [7, 11) is 0. The zero-order valence-electron chi connectivity index (χ0n) is 10.9. The van der Waals surface area contributed by atoms with Gasteiger partial charge in [0.15, 0.2) is 5.78 Å². The molecule has 0 saturated heterocycles. The molecule has 4 rings (SSSR count). The second kappa shape index (κ2) is 5.53. The third-order valence-electron chi connectivity index (χ3n) is 3.18. The van der Waals surface area contributed by atoms with Crippen LogP contribution in [-0.4, -0.2) is 17.3 Å². The Morgan fingerprint density at radius 3 is 2.50 bits per heavy atom. The number of benzene rings is 2. The van der Waals surface area contributed by atoms with E-state index in [1.807, 2.05) is 54.7 Å². The molecule has 2 aromatic carbocycles. The van der Waals surface area contributed by atoms with E-state index in [4.69, 9.17) is 0 Å². The third-order valence-corrected chi connectivity index (χ3v) is 3.18. The van der Waals surface area contributed by atoms with Crippen molar-refractivity contribution in [1.29, 1.82) is 0 Å². The van der Waals surface area contributed by atoms with Crippen LogP contribution >= 0.6 is 0 Å². The molecular weight excluding hydrogens is 248 g/mol. The van der Waals surface area contributed by atoms with Gasteiger partial charge in [0.1, 0.15) is 0 Å². The lowest BCUT2D eigenvalue weighted by Crippen LogP contribution is -2.00. The van der Waals surface area contributed by atoms with Crippen molar-refractivity contribution in [2.75, 3.05) is 11.9 Å². The van der Waals surface area contributed by atoms with Gasteiger partial charge in [-0.2, -0.15) is 0 Å². The number of Topliss-reactive ketones (excluding diaryl/α,β-unsaturated/α-hetero) is 1. The van der Waals surface area contributed by atoms with Crippen molar-refractivity contribution >= 4 is 22.4 Å². The summed E-state index contributed by atoms with van der Waals surface area (Å²) in [6.07, 6.45) is 1.81. The van der Waals surface area contributed by atoms with E-state index in [0.717, 1.165) is 16.8 Å². The molecule has 0 radical (unpaired) electrons. The van der Waals surface area contributed by atoms with Crippen LogP contribution in [-0.2, 0) is 0 Å². The number of carbonyl (C=O) groups is 1. The van der Waals surface area contributed by atoms with Crippen LogP contribution in [0.15, 0.2) is 66.9 Å². The molecule has 0 saturated carbocycles. The normalized spacial score (nSPS) is 12.3. The van der Waals surface area contributed by atoms with Crippen molar-refractivity contribution in [3.8, 4) is 0 Å². The molecule has 20 heavy (non-hydrogen) atoms. The number of aromatic nitrogens is 1. The SMILES string of the molecule is O=C1CNc2ccccc21.c1ccc2ncccc2c1. The number of para-hydroxylation sites is 2. The monoisotopic (exact) mass is 262 g/mol. The zero-order valence-corrected chi connectivity index (χ0v) is 10.9. The van der Waals surface area contributed by atoms with Crippen LogP contribution in [0.25, 0.3) is 10.9 Å². The number of pyridine rings is 1. The Morgan fingerprint density at radius 2 is 1.65 bits per heavy atom. The summed E-state index contributed by atoms with van der Waals surface area (Å²) in [6, 6.07) is 19.6. The Labute approximate surface area is 117 Å². The second-order valence-electron chi connectivity index (χ2n) is 4.52. The molecule has 3 heteroatoms. The lowest BCUT2D eigenvalue weighted by Gasteiger charge is -1.92. The molecule has 0 bridgehead atoms. The summed E-state index contributed by atoms with van der Waals surface area (Å²) in [6.45, 7) is 0.458. The number of rotatable bonds is 0. The standard InChI is InChI=1S/C9H7N.C8H7NO/c1-2-6-9-8(4-1)5-3-7-10-9;10-8-5-9-7-4-2-1-3-6(7)8/h1-7H;1-4,9H,5H2. The maximum atomic E-state index is 11.0. The molecule has 1 aliphatic heterocycles. The van der Waals surface area contributed by atoms with Crippen LogP contribution in [0.5, 0.6) is 0 Å². The van der Waals surface area contributed by atoms with Crippen molar-refractivity contribution < 1.29 is 4.79 Å². The highest BCUT2D eigenvalue weighted by Gasteiger charge is 2.16. The van der Waals surface area contributed by atoms with E-state index < -0.39 is 0 Å². The van der Waals surface area contributed by atoms with Gasteiger partial charge in [-0.3, -0.25) is 9.78 Å². The van der Waals surface area contributed by atoms with Crippen LogP contribution in [0.4, 0.5) is 5.69 Å². The van der Waals surface area contributed by atoms with E-state index >= 15 is 0 Å². The maximum Gasteiger partial charge on any atom is 0.183 e. The minimum Gasteiger partial charge on any atom is -0.377 e. The number of carbonyl (C=O) groups excluding carboxylic acids is 1. The molecule has 0 fully saturated rings. The van der Waals surface area contributed by atoms with Gasteiger partial charge in [-0.15, -0.1) is 0 Å². The molecule has 1 N–H and O–H groups in total. The van der Waals surface area contributed by atoms with Crippen LogP contribution in [0.2, 0.25) is 0 Å². The van der Waals surface area contributed by atoms with Gasteiger partial charge in [0.25, 0.3) is 0 Å². The molecule has 3 nitrogen and oxygen atoms in total. The number of nitrogens with one attached hydrogen (secondary N) is 1. The summed E-state index contributed by atoms with van der Waals surface area (Å²) in [5, 5.41) is 4.20. The third kappa shape index (κ3) is 2.52. The maximum absolute atomic E-state index is 11.0. The number of fused-ring (bicyclic) bond motifs is 2. The average molecular weight is 262 g/mol. The van der Waals surface area contributed by atoms with Gasteiger partial charge in [-0.1, -0.05) is 36.4 Å². The summed E-state index contributed by atoms with van der Waals surface area (Å²) in [5.74, 6) is 0.190. The molecule has 0 aliphatic carbocycles. The lowest BCUT2D eigenvalue weighted by molar-refractivity contribution is 0.101. The fourth-order valence-corrected chi connectivity index (χ4v) is 2.17. The summed E-state index contributed by atoms with van der Waals surface area (Å²) in [5.41, 5.74) is 2.85. The highest BCUT2D eigenvalue weighted by Crippen LogP contribution is 2.20. The Bertz CT molecular complexity index is 687. The van der Waals surface area contributed by atoms with E-state index in [1.165, 1.54) is 5.39 Å². The van der Waals surface area contributed by atoms with Crippen LogP contribution in [0, 0.1) is 0 Å². The predicted molar refractivity (Wildman–Crippen MR) is 81.0 cm³/mol. The number of nitrogens with zero attached hydrogens (tertiary/aromatic N) is 1. The van der Waals surface area contributed by atoms with E-state index in [9.17, 15) is 4.79 Å². The zero-order chi connectivity index (χ0) is 13.8. The van der Waals surface area contributed by atoms with E-state index in [0.29, 0.717) is 6.54 Å². The van der Waals surface area contributed by atoms with Gasteiger partial charge in [0.2, 0.25) is 0 Å². The first-order chi connectivity index (χ1) is 9.84. The van der Waals surface area contributed by atoms with Crippen molar-refractivity contribution in [2.45, 2.75) is 0 Å². The fourth-order valence-electron chi connectivity index (χ4n) is 2.17. The second-order valence-corrected chi connectivity index (χ2v) is 4.52. The van der Waals surface area contributed by atoms with Crippen molar-refractivity contribution in [3.05, 3.63) is 72.4 Å². The van der Waals surface area contributed by atoms with Crippen molar-refractivity contribution in [3.63, 3.8) is 0 Å². The Balaban J connectivity index is 0.000000121. The van der Waals surface area contributed by atoms with Gasteiger partial charge in [-0.25, -0.2) is 0 Å². The van der Waals surface area contributed by atoms with Crippen LogP contribution < -0.4 is 5.32 Å². The molecule has 1 aromatic heterocycles. The first kappa shape index (κ1) is 12.4. The minimum absolute atomic E-state index is 0.190. The van der Waals surface area contributed by atoms with Crippen LogP contribution in [0.3, 0.4) is 0 Å². The molecule has 2 heterocycles. The highest BCUT2D eigenvalue weighted by atomic mass is 16.1. The van der Waals surface area contributed by atoms with E-state index in [-0.39, 0.29) is 5.78 Å². The van der Waals surface area contributed by atoms with Crippen LogP contribution in [0.1, 0.15) is 10.4 Å². The summed E-state index contributed by atoms with van der Waals surface area (Å²) in [4.78, 5) is 15.2. The molecule has 98 valence electrons. The van der Waals surface area contributed by atoms with Crippen molar-refractivity contribution in [1.82, 2.24) is 4.98 Å². The molecule has 0 spiro atoms. The first-order valence-electron chi connectivity index (χ1n) is 6.50. The molecule has 0 unspecified atom stereocenters. The topological polar surface area (TPSA) is 42.0 Å². The van der Waals surface area contributed by atoms with Gasteiger partial charge in [-0.05, 0) is 24.3 Å².